The standard InChI is InChI=1S/C29H36N4O3.C3H7NO3/c1-21(2)18-22-10-8-11-23-19-24(30-28(22)23)20-33-17-9-12-25(29(33)36)31-26(34)13-4-3-5-14-27(35)32-15-6-7-16-32;4-3(6)7-2-1-5/h5,8-12,14,17,19,21,30H,3-4,6-7,13,15-16,18,20H2,1-2H3,(H,31,34);5H,1-2H2,(H2,4,6)/b14-5+;. The second-order valence-corrected chi connectivity index (χ2v) is 10.9. The van der Waals surface area contributed by atoms with Crippen molar-refractivity contribution in [1.82, 2.24) is 14.5 Å². The first kappa shape index (κ1) is 33.1. The third-order valence-corrected chi connectivity index (χ3v) is 6.85. The smallest absolute Gasteiger partial charge is 0.404 e. The fraction of sp³-hybridized carbons (Fsp3) is 0.438. The Labute approximate surface area is 251 Å². The molecule has 232 valence electrons. The topological polar surface area (TPSA) is 160 Å². The van der Waals surface area contributed by atoms with Gasteiger partial charge in [0, 0.05) is 36.9 Å². The third kappa shape index (κ3) is 10.8. The number of hydrogen-bond acceptors (Lipinski definition) is 6. The molecule has 3 heterocycles. The molecule has 0 bridgehead atoms. The van der Waals surface area contributed by atoms with Gasteiger partial charge in [0.05, 0.1) is 13.2 Å². The van der Waals surface area contributed by atoms with Crippen LogP contribution in [0.5, 0.6) is 0 Å². The number of allylic oxidation sites excluding steroid dienone is 1. The molecule has 0 aliphatic carbocycles. The molecule has 11 nitrogen and oxygen atoms in total. The van der Waals surface area contributed by atoms with Gasteiger partial charge in [-0.3, -0.25) is 14.4 Å². The summed E-state index contributed by atoms with van der Waals surface area (Å²) in [6.45, 7) is 6.27. The van der Waals surface area contributed by atoms with Gasteiger partial charge in [0.2, 0.25) is 11.8 Å². The lowest BCUT2D eigenvalue weighted by Crippen LogP contribution is -2.25. The van der Waals surface area contributed by atoms with Gasteiger partial charge in [0.1, 0.15) is 12.3 Å². The van der Waals surface area contributed by atoms with Crippen molar-refractivity contribution in [2.45, 2.75) is 58.9 Å². The second-order valence-electron chi connectivity index (χ2n) is 10.9. The number of aliphatic hydroxyl groups excluding tert-OH is 1. The minimum atomic E-state index is -0.853. The largest absolute Gasteiger partial charge is 0.447 e. The number of nitrogens with zero attached hydrogens (tertiary/aromatic N) is 2. The Morgan fingerprint density at radius 1 is 1.16 bits per heavy atom. The van der Waals surface area contributed by atoms with Crippen LogP contribution in [0.3, 0.4) is 0 Å². The highest BCUT2D eigenvalue weighted by atomic mass is 16.6. The van der Waals surface area contributed by atoms with Gasteiger partial charge in [-0.25, -0.2) is 4.79 Å². The number of rotatable bonds is 12. The van der Waals surface area contributed by atoms with Crippen LogP contribution >= 0.6 is 0 Å². The highest BCUT2D eigenvalue weighted by Crippen LogP contribution is 2.22. The van der Waals surface area contributed by atoms with Crippen molar-refractivity contribution in [2.24, 2.45) is 11.7 Å². The van der Waals surface area contributed by atoms with Crippen molar-refractivity contribution < 1.29 is 24.2 Å². The molecule has 1 aromatic carbocycles. The number of nitrogens with one attached hydrogen (secondary N) is 2. The number of unbranched alkanes of at least 4 members (excludes halogenated alkanes) is 1. The average molecular weight is 594 g/mol. The molecule has 0 unspecified atom stereocenters. The maximum Gasteiger partial charge on any atom is 0.404 e. The summed E-state index contributed by atoms with van der Waals surface area (Å²) in [5.41, 5.74) is 7.89. The predicted molar refractivity (Wildman–Crippen MR) is 167 cm³/mol. The van der Waals surface area contributed by atoms with E-state index < -0.39 is 6.09 Å². The third-order valence-electron chi connectivity index (χ3n) is 6.85. The molecule has 0 saturated carbocycles. The number of hydrogen-bond donors (Lipinski definition) is 4. The minimum absolute atomic E-state index is 0.0185. The number of fused-ring (bicyclic) bond motifs is 1. The molecule has 3 amide bonds. The molecule has 2 aromatic heterocycles. The van der Waals surface area contributed by atoms with Crippen molar-refractivity contribution in [2.75, 3.05) is 31.6 Å². The van der Waals surface area contributed by atoms with E-state index >= 15 is 0 Å². The number of H-pyrrole nitrogens is 1. The molecule has 5 N–H and O–H groups in total. The molecule has 1 aliphatic rings. The van der Waals surface area contributed by atoms with Crippen LogP contribution in [0.25, 0.3) is 10.9 Å². The quantitative estimate of drug-likeness (QED) is 0.184. The Hall–Kier alpha value is -4.38. The number of pyridine rings is 1. The zero-order chi connectivity index (χ0) is 31.2. The number of benzene rings is 1. The van der Waals surface area contributed by atoms with E-state index in [2.05, 4.69) is 58.9 Å². The molecule has 0 radical (unpaired) electrons. The van der Waals surface area contributed by atoms with Gasteiger partial charge in [-0.1, -0.05) is 38.1 Å². The van der Waals surface area contributed by atoms with Gasteiger partial charge >= 0.3 is 6.09 Å². The summed E-state index contributed by atoms with van der Waals surface area (Å²) in [4.78, 5) is 52.4. The number of carbonyl (C=O) groups is 3. The zero-order valence-corrected chi connectivity index (χ0v) is 25.0. The Balaban J connectivity index is 0.000000646. The molecule has 3 aromatic rings. The molecule has 0 spiro atoms. The molecule has 1 aliphatic heterocycles. The SMILES string of the molecule is CC(C)Cc1cccc2cc(Cn3cccc(NC(=O)CCC/C=C/C(=O)N4CCCC4)c3=O)[nH]c12.NC(=O)OCCO. The highest BCUT2D eigenvalue weighted by molar-refractivity contribution is 5.90. The van der Waals surface area contributed by atoms with Crippen LogP contribution < -0.4 is 16.6 Å². The fourth-order valence-corrected chi connectivity index (χ4v) is 4.88. The first-order valence-corrected chi connectivity index (χ1v) is 14.7. The summed E-state index contributed by atoms with van der Waals surface area (Å²) < 4.78 is 5.69. The lowest BCUT2D eigenvalue weighted by Gasteiger charge is -2.11. The first-order valence-electron chi connectivity index (χ1n) is 14.7. The van der Waals surface area contributed by atoms with Gasteiger partial charge in [-0.05, 0) is 73.2 Å². The van der Waals surface area contributed by atoms with Crippen molar-refractivity contribution in [3.63, 3.8) is 0 Å². The molecule has 0 atom stereocenters. The number of amides is 3. The Kier molecular flexibility index (Phi) is 13.0. The van der Waals surface area contributed by atoms with Gasteiger partial charge < -0.3 is 35.3 Å². The van der Waals surface area contributed by atoms with Gasteiger partial charge in [0.15, 0.2) is 0 Å². The van der Waals surface area contributed by atoms with Crippen LogP contribution in [0, 0.1) is 5.92 Å². The van der Waals surface area contributed by atoms with Crippen molar-refractivity contribution in [3.8, 4) is 0 Å². The maximum absolute atomic E-state index is 13.0. The number of likely N-dealkylation sites (tertiary alicyclic amines) is 1. The van der Waals surface area contributed by atoms with Crippen LogP contribution in [0.1, 0.15) is 57.2 Å². The minimum Gasteiger partial charge on any atom is -0.447 e. The van der Waals surface area contributed by atoms with E-state index in [0.29, 0.717) is 25.3 Å². The Bertz CT molecular complexity index is 1450. The fourth-order valence-electron chi connectivity index (χ4n) is 4.88. The number of aromatic nitrogens is 2. The summed E-state index contributed by atoms with van der Waals surface area (Å²) in [6, 6.07) is 11.8. The molecule has 1 saturated heterocycles. The highest BCUT2D eigenvalue weighted by Gasteiger charge is 2.15. The summed E-state index contributed by atoms with van der Waals surface area (Å²) in [6.07, 6.45) is 9.00. The average Bonchev–Trinajstić information content (AvgIpc) is 3.65. The summed E-state index contributed by atoms with van der Waals surface area (Å²) in [5, 5.41) is 11.9. The Morgan fingerprint density at radius 2 is 1.93 bits per heavy atom. The maximum atomic E-state index is 13.0. The van der Waals surface area contributed by atoms with Gasteiger partial charge in [-0.15, -0.1) is 0 Å². The molecular weight excluding hydrogens is 550 g/mol. The van der Waals surface area contributed by atoms with Crippen molar-refractivity contribution in [1.29, 1.82) is 0 Å². The van der Waals surface area contributed by atoms with E-state index in [4.69, 9.17) is 5.11 Å². The van der Waals surface area contributed by atoms with E-state index in [0.717, 1.165) is 48.9 Å². The molecule has 11 heteroatoms. The van der Waals surface area contributed by atoms with Gasteiger partial charge in [0.25, 0.3) is 5.56 Å². The Morgan fingerprint density at radius 3 is 2.60 bits per heavy atom. The van der Waals surface area contributed by atoms with Crippen molar-refractivity contribution >= 4 is 34.5 Å². The van der Waals surface area contributed by atoms with Crippen LogP contribution in [0.15, 0.2) is 59.5 Å². The second kappa shape index (κ2) is 16.9. The summed E-state index contributed by atoms with van der Waals surface area (Å²) in [7, 11) is 0. The number of para-hydroxylation sites is 1. The van der Waals surface area contributed by atoms with Gasteiger partial charge in [-0.2, -0.15) is 0 Å². The number of aliphatic hydroxyl groups is 1. The normalized spacial score (nSPS) is 12.9. The number of ether oxygens (including phenoxy) is 1. The van der Waals surface area contributed by atoms with Crippen LogP contribution in [0.2, 0.25) is 0 Å². The van der Waals surface area contributed by atoms with E-state index in [9.17, 15) is 19.2 Å². The first-order chi connectivity index (χ1) is 20.7. The summed E-state index contributed by atoms with van der Waals surface area (Å²) in [5.74, 6) is 0.402. The summed E-state index contributed by atoms with van der Waals surface area (Å²) >= 11 is 0. The number of nitrogens with two attached hydrogens (primary N) is 1. The molecule has 43 heavy (non-hydrogen) atoms. The van der Waals surface area contributed by atoms with E-state index in [1.54, 1.807) is 29.0 Å². The molecule has 4 rings (SSSR count). The molecule has 1 fully saturated rings. The lowest BCUT2D eigenvalue weighted by molar-refractivity contribution is -0.125. The van der Waals surface area contributed by atoms with E-state index in [1.165, 1.54) is 5.56 Å². The van der Waals surface area contributed by atoms with E-state index in [-0.39, 0.29) is 42.7 Å². The zero-order valence-electron chi connectivity index (χ0n) is 25.0. The number of carbonyl (C=O) groups excluding carboxylic acids is 3. The lowest BCUT2D eigenvalue weighted by atomic mass is 10.0. The van der Waals surface area contributed by atoms with E-state index in [1.807, 2.05) is 11.0 Å². The number of primary amides is 1. The van der Waals surface area contributed by atoms with Crippen LogP contribution in [0.4, 0.5) is 10.5 Å². The van der Waals surface area contributed by atoms with Crippen LogP contribution in [-0.2, 0) is 27.3 Å². The molecular formula is C32H43N5O6. The number of anilines is 1. The monoisotopic (exact) mass is 593 g/mol. The predicted octanol–water partition coefficient (Wildman–Crippen LogP) is 3.94. The van der Waals surface area contributed by atoms with Crippen LogP contribution in [-0.4, -0.2) is 63.8 Å². The number of aromatic amines is 1. The van der Waals surface area contributed by atoms with Crippen molar-refractivity contribution in [3.05, 3.63) is 76.4 Å².